The van der Waals surface area contributed by atoms with Crippen LogP contribution in [-0.4, -0.2) is 43.7 Å². The molecule has 6 heteroatoms. The molecule has 1 fully saturated rings. The van der Waals surface area contributed by atoms with E-state index >= 15 is 0 Å². The Bertz CT molecular complexity index is 791. The van der Waals surface area contributed by atoms with Crippen LogP contribution in [0.15, 0.2) is 47.6 Å². The van der Waals surface area contributed by atoms with Crippen LogP contribution in [0.25, 0.3) is 0 Å². The monoisotopic (exact) mass is 379 g/mol. The Morgan fingerprint density at radius 1 is 1.18 bits per heavy atom. The molecule has 0 saturated carbocycles. The summed E-state index contributed by atoms with van der Waals surface area (Å²) in [5.74, 6) is 2.87. The molecule has 1 unspecified atom stereocenters. The Balaban J connectivity index is 1.27. The molecular weight excluding hydrogens is 350 g/mol. The highest BCUT2D eigenvalue weighted by atomic mass is 16.5. The minimum absolute atomic E-state index is 0.141. The first-order chi connectivity index (χ1) is 13.8. The lowest BCUT2D eigenvalue weighted by Gasteiger charge is -2.28. The van der Waals surface area contributed by atoms with Crippen LogP contribution < -0.4 is 20.3 Å². The van der Waals surface area contributed by atoms with Crippen molar-refractivity contribution in [3.05, 3.63) is 53.7 Å². The minimum atomic E-state index is 0.141. The van der Waals surface area contributed by atoms with Crippen LogP contribution in [0, 0.1) is 0 Å². The van der Waals surface area contributed by atoms with Crippen molar-refractivity contribution in [3.8, 4) is 5.75 Å². The Morgan fingerprint density at radius 2 is 2.04 bits per heavy atom. The fourth-order valence-corrected chi connectivity index (χ4v) is 3.85. The molecule has 1 saturated heterocycles. The van der Waals surface area contributed by atoms with Crippen molar-refractivity contribution >= 4 is 11.8 Å². The third-order valence-corrected chi connectivity index (χ3v) is 5.38. The van der Waals surface area contributed by atoms with Gasteiger partial charge in [0.25, 0.3) is 0 Å². The van der Waals surface area contributed by atoms with Crippen molar-refractivity contribution in [3.63, 3.8) is 0 Å². The summed E-state index contributed by atoms with van der Waals surface area (Å²) in [6, 6.07) is 12.5. The van der Waals surface area contributed by atoms with Gasteiger partial charge in [0.15, 0.2) is 5.96 Å². The van der Waals surface area contributed by atoms with Crippen molar-refractivity contribution in [1.82, 2.24) is 15.6 Å². The number of hydrogen-bond donors (Lipinski definition) is 2. The summed E-state index contributed by atoms with van der Waals surface area (Å²) in [7, 11) is 1.80. The van der Waals surface area contributed by atoms with Crippen LogP contribution >= 0.6 is 0 Å². The van der Waals surface area contributed by atoms with E-state index in [1.165, 1.54) is 30.4 Å². The number of para-hydroxylation sites is 1. The molecule has 0 amide bonds. The van der Waals surface area contributed by atoms with E-state index in [2.05, 4.69) is 49.8 Å². The second-order valence-electron chi connectivity index (χ2n) is 7.43. The van der Waals surface area contributed by atoms with Crippen LogP contribution in [0.3, 0.4) is 0 Å². The van der Waals surface area contributed by atoms with Crippen LogP contribution in [0.1, 0.15) is 30.4 Å². The first-order valence-corrected chi connectivity index (χ1v) is 10.2. The molecule has 28 heavy (non-hydrogen) atoms. The highest BCUT2D eigenvalue weighted by molar-refractivity contribution is 5.79. The maximum absolute atomic E-state index is 5.99. The highest BCUT2D eigenvalue weighted by Gasteiger charge is 2.22. The number of benzene rings is 1. The standard InChI is InChI=1S/C22H29N5O/c1-23-22(26-16-19-14-18-7-3-4-8-20(18)28-19)25-15-17-9-10-24-21(13-17)27-11-5-2-6-12-27/h3-4,7-10,13,19H,2,5-6,11-12,14-16H2,1H3,(H2,23,25,26). The van der Waals surface area contributed by atoms with Gasteiger partial charge in [-0.1, -0.05) is 18.2 Å². The van der Waals surface area contributed by atoms with Gasteiger partial charge < -0.3 is 20.3 Å². The number of guanidine groups is 1. The molecule has 0 radical (unpaired) electrons. The number of piperidine rings is 1. The summed E-state index contributed by atoms with van der Waals surface area (Å²) >= 11 is 0. The minimum Gasteiger partial charge on any atom is -0.488 e. The lowest BCUT2D eigenvalue weighted by molar-refractivity contribution is 0.235. The van der Waals surface area contributed by atoms with Crippen LogP contribution in [0.5, 0.6) is 5.75 Å². The van der Waals surface area contributed by atoms with Gasteiger partial charge in [0.1, 0.15) is 17.7 Å². The van der Waals surface area contributed by atoms with E-state index in [1.54, 1.807) is 7.05 Å². The van der Waals surface area contributed by atoms with E-state index in [-0.39, 0.29) is 6.10 Å². The molecule has 6 nitrogen and oxygen atoms in total. The number of rotatable bonds is 5. The number of aromatic nitrogens is 1. The Kier molecular flexibility index (Phi) is 5.95. The predicted molar refractivity (Wildman–Crippen MR) is 113 cm³/mol. The molecule has 2 aliphatic heterocycles. The third kappa shape index (κ3) is 4.55. The molecule has 2 aliphatic rings. The molecule has 3 heterocycles. The van der Waals surface area contributed by atoms with Gasteiger partial charge in [-0.2, -0.15) is 0 Å². The van der Waals surface area contributed by atoms with Gasteiger partial charge in [0, 0.05) is 39.3 Å². The highest BCUT2D eigenvalue weighted by Crippen LogP contribution is 2.27. The molecule has 0 aliphatic carbocycles. The Hall–Kier alpha value is -2.76. The number of nitrogens with one attached hydrogen (secondary N) is 2. The first-order valence-electron chi connectivity index (χ1n) is 10.2. The van der Waals surface area contributed by atoms with E-state index < -0.39 is 0 Å². The predicted octanol–water partition coefficient (Wildman–Crippen LogP) is 2.74. The summed E-state index contributed by atoms with van der Waals surface area (Å²) in [6.45, 7) is 3.66. The summed E-state index contributed by atoms with van der Waals surface area (Å²) in [6.07, 6.45) is 6.82. The number of aliphatic imine (C=N–C) groups is 1. The number of nitrogens with zero attached hydrogens (tertiary/aromatic N) is 3. The summed E-state index contributed by atoms with van der Waals surface area (Å²) < 4.78 is 5.99. The zero-order valence-corrected chi connectivity index (χ0v) is 16.5. The number of anilines is 1. The van der Waals surface area contributed by atoms with Crippen LogP contribution in [-0.2, 0) is 13.0 Å². The van der Waals surface area contributed by atoms with E-state index in [4.69, 9.17) is 4.74 Å². The van der Waals surface area contributed by atoms with Gasteiger partial charge in [0.2, 0.25) is 0 Å². The quantitative estimate of drug-likeness (QED) is 0.618. The Labute approximate surface area is 167 Å². The summed E-state index contributed by atoms with van der Waals surface area (Å²) in [5.41, 5.74) is 2.49. The maximum atomic E-state index is 5.99. The molecule has 0 bridgehead atoms. The summed E-state index contributed by atoms with van der Waals surface area (Å²) in [4.78, 5) is 11.3. The van der Waals surface area contributed by atoms with Crippen molar-refractivity contribution in [2.45, 2.75) is 38.3 Å². The SMILES string of the molecule is CN=C(NCc1ccnc(N2CCCCC2)c1)NCC1Cc2ccccc2O1. The van der Waals surface area contributed by atoms with Crippen LogP contribution in [0.2, 0.25) is 0 Å². The van der Waals surface area contributed by atoms with Gasteiger partial charge in [-0.15, -0.1) is 0 Å². The largest absolute Gasteiger partial charge is 0.488 e. The van der Waals surface area contributed by atoms with Gasteiger partial charge in [-0.3, -0.25) is 4.99 Å². The molecule has 1 atom stereocenters. The molecule has 148 valence electrons. The smallest absolute Gasteiger partial charge is 0.191 e. The first kappa shape index (κ1) is 18.6. The molecule has 1 aromatic heterocycles. The fraction of sp³-hybridized carbons (Fsp3) is 0.455. The average molecular weight is 380 g/mol. The van der Waals surface area contributed by atoms with Crippen molar-refractivity contribution < 1.29 is 4.74 Å². The number of fused-ring (bicyclic) bond motifs is 1. The zero-order chi connectivity index (χ0) is 19.2. The number of hydrogen-bond acceptors (Lipinski definition) is 4. The lowest BCUT2D eigenvalue weighted by Crippen LogP contribution is -2.42. The molecule has 4 rings (SSSR count). The fourth-order valence-electron chi connectivity index (χ4n) is 3.85. The number of pyridine rings is 1. The van der Waals surface area contributed by atoms with Crippen LogP contribution in [0.4, 0.5) is 5.82 Å². The van der Waals surface area contributed by atoms with E-state index in [9.17, 15) is 0 Å². The molecule has 2 aromatic rings. The normalized spacial score (nSPS) is 19.1. The van der Waals surface area contributed by atoms with Gasteiger partial charge in [0.05, 0.1) is 6.54 Å². The third-order valence-electron chi connectivity index (χ3n) is 5.38. The topological polar surface area (TPSA) is 61.8 Å². The number of ether oxygens (including phenoxy) is 1. The molecule has 1 aromatic carbocycles. The molecular formula is C22H29N5O. The average Bonchev–Trinajstić information content (AvgIpc) is 3.18. The van der Waals surface area contributed by atoms with E-state index in [0.717, 1.165) is 50.1 Å². The summed E-state index contributed by atoms with van der Waals surface area (Å²) in [5, 5.41) is 6.78. The van der Waals surface area contributed by atoms with Crippen molar-refractivity contribution in [2.75, 3.05) is 31.6 Å². The maximum Gasteiger partial charge on any atom is 0.191 e. The Morgan fingerprint density at radius 3 is 2.86 bits per heavy atom. The van der Waals surface area contributed by atoms with Crippen molar-refractivity contribution in [1.29, 1.82) is 0 Å². The van der Waals surface area contributed by atoms with Gasteiger partial charge in [-0.05, 0) is 48.6 Å². The van der Waals surface area contributed by atoms with Gasteiger partial charge >= 0.3 is 0 Å². The van der Waals surface area contributed by atoms with Gasteiger partial charge in [-0.25, -0.2) is 4.98 Å². The van der Waals surface area contributed by atoms with E-state index in [1.807, 2.05) is 18.3 Å². The lowest BCUT2D eigenvalue weighted by atomic mass is 10.1. The second kappa shape index (κ2) is 8.95. The second-order valence-corrected chi connectivity index (χ2v) is 7.43. The molecule has 2 N–H and O–H groups in total. The van der Waals surface area contributed by atoms with Crippen molar-refractivity contribution in [2.24, 2.45) is 4.99 Å². The zero-order valence-electron chi connectivity index (χ0n) is 16.5. The van der Waals surface area contributed by atoms with E-state index in [0.29, 0.717) is 0 Å². The molecule has 0 spiro atoms.